The summed E-state index contributed by atoms with van der Waals surface area (Å²) >= 11 is 1.61. The van der Waals surface area contributed by atoms with E-state index in [9.17, 15) is 8.42 Å². The van der Waals surface area contributed by atoms with Gasteiger partial charge in [-0.05, 0) is 30.7 Å². The van der Waals surface area contributed by atoms with Gasteiger partial charge in [-0.1, -0.05) is 6.92 Å². The van der Waals surface area contributed by atoms with Crippen molar-refractivity contribution in [3.8, 4) is 0 Å². The maximum Gasteiger partial charge on any atom is 0.242 e. The smallest absolute Gasteiger partial charge is 0.242 e. The monoisotopic (exact) mass is 325 g/mol. The van der Waals surface area contributed by atoms with Gasteiger partial charge in [-0.25, -0.2) is 17.7 Å². The fourth-order valence-corrected chi connectivity index (χ4v) is 3.55. The first-order chi connectivity index (χ1) is 9.95. The van der Waals surface area contributed by atoms with E-state index in [-0.39, 0.29) is 6.04 Å². The number of nitrogens with zero attached hydrogens (tertiary/aromatic N) is 2. The first-order valence-corrected chi connectivity index (χ1v) is 8.95. The van der Waals surface area contributed by atoms with Crippen LogP contribution >= 0.6 is 11.3 Å². The summed E-state index contributed by atoms with van der Waals surface area (Å²) in [6, 6.07) is 6.94. The highest BCUT2D eigenvalue weighted by atomic mass is 32.2. The Bertz CT molecular complexity index is 665. The van der Waals surface area contributed by atoms with E-state index in [2.05, 4.69) is 17.2 Å². The molecule has 0 bridgehead atoms. The third-order valence-corrected chi connectivity index (χ3v) is 5.85. The standard InChI is InChI=1S/C14H19N3O2S2/c1-4-13(14-15-9-10-20-14)16-11-5-7-12(8-6-11)21(18,19)17(2)3/h5-10,13,16H,4H2,1-3H3. The van der Waals surface area contributed by atoms with Crippen LogP contribution < -0.4 is 5.32 Å². The van der Waals surface area contributed by atoms with Gasteiger partial charge in [0.2, 0.25) is 10.0 Å². The molecule has 0 fully saturated rings. The summed E-state index contributed by atoms with van der Waals surface area (Å²) in [6.07, 6.45) is 2.70. The van der Waals surface area contributed by atoms with Crippen molar-refractivity contribution < 1.29 is 8.42 Å². The quantitative estimate of drug-likeness (QED) is 0.887. The SMILES string of the molecule is CCC(Nc1ccc(S(=O)(=O)N(C)C)cc1)c1nccs1. The number of rotatable bonds is 6. The zero-order valence-corrected chi connectivity index (χ0v) is 13.9. The summed E-state index contributed by atoms with van der Waals surface area (Å²) in [5.74, 6) is 0. The molecule has 0 spiro atoms. The maximum absolute atomic E-state index is 12.0. The minimum absolute atomic E-state index is 0.140. The number of hydrogen-bond acceptors (Lipinski definition) is 5. The zero-order valence-electron chi connectivity index (χ0n) is 12.3. The van der Waals surface area contributed by atoms with Crippen molar-refractivity contribution in [3.05, 3.63) is 40.8 Å². The van der Waals surface area contributed by atoms with Gasteiger partial charge in [-0.3, -0.25) is 0 Å². The second-order valence-corrected chi connectivity index (χ2v) is 7.87. The highest BCUT2D eigenvalue weighted by Gasteiger charge is 2.17. The first kappa shape index (κ1) is 15.9. The molecule has 0 aliphatic carbocycles. The second-order valence-electron chi connectivity index (χ2n) is 4.79. The van der Waals surface area contributed by atoms with Crippen LogP contribution in [0.4, 0.5) is 5.69 Å². The molecule has 2 aromatic rings. The number of aromatic nitrogens is 1. The van der Waals surface area contributed by atoms with Gasteiger partial charge in [0.25, 0.3) is 0 Å². The van der Waals surface area contributed by atoms with Crippen LogP contribution in [0.3, 0.4) is 0 Å². The highest BCUT2D eigenvalue weighted by molar-refractivity contribution is 7.89. The Kier molecular flexibility index (Phi) is 4.97. The second kappa shape index (κ2) is 6.55. The van der Waals surface area contributed by atoms with Gasteiger partial charge in [-0.2, -0.15) is 0 Å². The van der Waals surface area contributed by atoms with E-state index < -0.39 is 10.0 Å². The molecular formula is C14H19N3O2S2. The predicted molar refractivity (Wildman–Crippen MR) is 86.1 cm³/mol. The fourth-order valence-electron chi connectivity index (χ4n) is 1.88. The molecule has 0 radical (unpaired) electrons. The average Bonchev–Trinajstić information content (AvgIpc) is 2.99. The summed E-state index contributed by atoms with van der Waals surface area (Å²) in [5, 5.41) is 6.36. The number of benzene rings is 1. The Morgan fingerprint density at radius 3 is 2.43 bits per heavy atom. The number of nitrogens with one attached hydrogen (secondary N) is 1. The van der Waals surface area contributed by atoms with Crippen LogP contribution in [0.25, 0.3) is 0 Å². The summed E-state index contributed by atoms with van der Waals surface area (Å²) in [7, 11) is -0.326. The molecule has 7 heteroatoms. The van der Waals surface area contributed by atoms with Crippen LogP contribution in [0.5, 0.6) is 0 Å². The van der Waals surface area contributed by atoms with E-state index in [1.807, 2.05) is 5.38 Å². The topological polar surface area (TPSA) is 62.3 Å². The van der Waals surface area contributed by atoms with Crippen molar-refractivity contribution in [2.24, 2.45) is 0 Å². The molecule has 1 aromatic heterocycles. The number of sulfonamides is 1. The predicted octanol–water partition coefficient (Wildman–Crippen LogP) is 2.96. The first-order valence-electron chi connectivity index (χ1n) is 6.63. The molecule has 1 N–H and O–H groups in total. The Morgan fingerprint density at radius 2 is 1.95 bits per heavy atom. The van der Waals surface area contributed by atoms with Crippen molar-refractivity contribution >= 4 is 27.0 Å². The van der Waals surface area contributed by atoms with Crippen molar-refractivity contribution in [1.82, 2.24) is 9.29 Å². The molecule has 0 amide bonds. The largest absolute Gasteiger partial charge is 0.376 e. The molecule has 0 aliphatic heterocycles. The Labute approximate surface area is 129 Å². The van der Waals surface area contributed by atoms with E-state index in [0.717, 1.165) is 17.1 Å². The zero-order chi connectivity index (χ0) is 15.5. The van der Waals surface area contributed by atoms with E-state index in [0.29, 0.717) is 4.90 Å². The van der Waals surface area contributed by atoms with Crippen molar-refractivity contribution in [2.45, 2.75) is 24.3 Å². The number of anilines is 1. The van der Waals surface area contributed by atoms with Gasteiger partial charge in [0.05, 0.1) is 10.9 Å². The molecule has 0 aliphatic rings. The summed E-state index contributed by atoms with van der Waals surface area (Å²) < 4.78 is 25.2. The van der Waals surface area contributed by atoms with Gasteiger partial charge in [0.1, 0.15) is 5.01 Å². The Balaban J connectivity index is 2.16. The lowest BCUT2D eigenvalue weighted by molar-refractivity contribution is 0.521. The van der Waals surface area contributed by atoms with Crippen molar-refractivity contribution in [1.29, 1.82) is 0 Å². The van der Waals surface area contributed by atoms with Gasteiger partial charge >= 0.3 is 0 Å². The highest BCUT2D eigenvalue weighted by Crippen LogP contribution is 2.25. The van der Waals surface area contributed by atoms with Gasteiger partial charge in [-0.15, -0.1) is 11.3 Å². The van der Waals surface area contributed by atoms with E-state index in [1.54, 1.807) is 41.8 Å². The third-order valence-electron chi connectivity index (χ3n) is 3.13. The number of thiazole rings is 1. The van der Waals surface area contributed by atoms with Crippen LogP contribution in [0.15, 0.2) is 40.7 Å². The van der Waals surface area contributed by atoms with Crippen LogP contribution in [-0.2, 0) is 10.0 Å². The summed E-state index contributed by atoms with van der Waals surface area (Å²) in [4.78, 5) is 4.61. The Hall–Kier alpha value is -1.44. The van der Waals surface area contributed by atoms with Crippen LogP contribution in [0.2, 0.25) is 0 Å². The minimum Gasteiger partial charge on any atom is -0.376 e. The van der Waals surface area contributed by atoms with Crippen molar-refractivity contribution in [2.75, 3.05) is 19.4 Å². The molecule has 1 aromatic carbocycles. The molecule has 1 atom stereocenters. The Morgan fingerprint density at radius 1 is 1.29 bits per heavy atom. The molecule has 21 heavy (non-hydrogen) atoms. The molecule has 1 heterocycles. The molecule has 5 nitrogen and oxygen atoms in total. The lowest BCUT2D eigenvalue weighted by Crippen LogP contribution is -2.22. The molecule has 2 rings (SSSR count). The summed E-state index contributed by atoms with van der Waals surface area (Å²) in [6.45, 7) is 2.09. The van der Waals surface area contributed by atoms with Gasteiger partial charge < -0.3 is 5.32 Å². The van der Waals surface area contributed by atoms with Gasteiger partial charge in [0.15, 0.2) is 0 Å². The van der Waals surface area contributed by atoms with Crippen LogP contribution in [0, 0.1) is 0 Å². The van der Waals surface area contributed by atoms with E-state index in [4.69, 9.17) is 0 Å². The maximum atomic E-state index is 12.0. The van der Waals surface area contributed by atoms with Crippen LogP contribution in [0.1, 0.15) is 24.4 Å². The molecule has 114 valence electrons. The molecule has 1 unspecified atom stereocenters. The molecule has 0 saturated carbocycles. The fraction of sp³-hybridized carbons (Fsp3) is 0.357. The van der Waals surface area contributed by atoms with Gasteiger partial charge in [0, 0.05) is 31.4 Å². The lowest BCUT2D eigenvalue weighted by atomic mass is 10.2. The molecular weight excluding hydrogens is 306 g/mol. The van der Waals surface area contributed by atoms with Crippen LogP contribution in [-0.4, -0.2) is 31.8 Å². The van der Waals surface area contributed by atoms with E-state index in [1.165, 1.54) is 18.4 Å². The normalized spacial score (nSPS) is 13.3. The summed E-state index contributed by atoms with van der Waals surface area (Å²) in [5.41, 5.74) is 0.884. The lowest BCUT2D eigenvalue weighted by Gasteiger charge is -2.17. The van der Waals surface area contributed by atoms with E-state index >= 15 is 0 Å². The average molecular weight is 325 g/mol. The minimum atomic E-state index is -3.38. The number of hydrogen-bond donors (Lipinski definition) is 1. The molecule has 0 saturated heterocycles. The third kappa shape index (κ3) is 3.61. The van der Waals surface area contributed by atoms with Crippen molar-refractivity contribution in [3.63, 3.8) is 0 Å².